The molecule has 0 saturated carbocycles. The predicted octanol–water partition coefficient (Wildman–Crippen LogP) is 2.42. The van der Waals surface area contributed by atoms with Gasteiger partial charge in [0, 0.05) is 19.1 Å². The number of nitrogens with one attached hydrogen (secondary N) is 1. The van der Waals surface area contributed by atoms with Gasteiger partial charge in [0.15, 0.2) is 6.04 Å². The van der Waals surface area contributed by atoms with Crippen molar-refractivity contribution in [1.29, 1.82) is 0 Å². The Morgan fingerprint density at radius 1 is 1.33 bits per heavy atom. The number of amides is 1. The number of anilines is 1. The van der Waals surface area contributed by atoms with E-state index in [0.29, 0.717) is 18.2 Å². The van der Waals surface area contributed by atoms with E-state index < -0.39 is 12.0 Å². The molecular weight excluding hydrogens is 346 g/mol. The van der Waals surface area contributed by atoms with Crippen LogP contribution in [0.2, 0.25) is 0 Å². The number of para-hydroxylation sites is 1. The highest BCUT2D eigenvalue weighted by atomic mass is 16.5. The summed E-state index contributed by atoms with van der Waals surface area (Å²) in [6, 6.07) is 8.23. The third-order valence-corrected chi connectivity index (χ3v) is 4.92. The largest absolute Gasteiger partial charge is 0.480 e. The van der Waals surface area contributed by atoms with Gasteiger partial charge >= 0.3 is 5.97 Å². The van der Waals surface area contributed by atoms with Crippen LogP contribution in [0.3, 0.4) is 0 Å². The summed E-state index contributed by atoms with van der Waals surface area (Å²) >= 11 is 0. The molecular formula is C20H27N3O4. The number of carboxylic acid groups (broad SMARTS) is 1. The summed E-state index contributed by atoms with van der Waals surface area (Å²) < 4.78 is 5.78. The van der Waals surface area contributed by atoms with Crippen LogP contribution >= 0.6 is 0 Å². The van der Waals surface area contributed by atoms with Gasteiger partial charge in [-0.1, -0.05) is 32.0 Å². The van der Waals surface area contributed by atoms with Gasteiger partial charge < -0.3 is 15.2 Å². The Kier molecular flexibility index (Phi) is 6.11. The highest BCUT2D eigenvalue weighted by molar-refractivity contribution is 6.40. The number of hydrazone groups is 1. The van der Waals surface area contributed by atoms with Gasteiger partial charge in [0.1, 0.15) is 5.71 Å². The summed E-state index contributed by atoms with van der Waals surface area (Å²) in [5, 5.41) is 18.3. The molecule has 0 aromatic heterocycles. The monoisotopic (exact) mass is 373 g/mol. The lowest BCUT2D eigenvalue weighted by molar-refractivity contribution is -0.138. The Morgan fingerprint density at radius 3 is 2.74 bits per heavy atom. The Labute approximate surface area is 159 Å². The lowest BCUT2D eigenvalue weighted by atomic mass is 9.96. The van der Waals surface area contributed by atoms with E-state index in [4.69, 9.17) is 4.74 Å². The number of ether oxygens (including phenoxy) is 1. The van der Waals surface area contributed by atoms with E-state index in [9.17, 15) is 14.7 Å². The fourth-order valence-corrected chi connectivity index (χ4v) is 3.63. The first-order chi connectivity index (χ1) is 12.9. The zero-order chi connectivity index (χ0) is 19.4. The van der Waals surface area contributed by atoms with Gasteiger partial charge in [-0.15, -0.1) is 0 Å². The van der Waals surface area contributed by atoms with Crippen LogP contribution in [-0.4, -0.2) is 47.5 Å². The average molecular weight is 373 g/mol. The Hall–Kier alpha value is -2.41. The average Bonchev–Trinajstić information content (AvgIpc) is 3.08. The third-order valence-electron chi connectivity index (χ3n) is 4.92. The topological polar surface area (TPSA) is 91.2 Å². The first kappa shape index (κ1) is 19.4. The predicted molar refractivity (Wildman–Crippen MR) is 103 cm³/mol. The van der Waals surface area contributed by atoms with Gasteiger partial charge in [0.05, 0.1) is 11.8 Å². The van der Waals surface area contributed by atoms with Gasteiger partial charge in [0.25, 0.3) is 5.91 Å². The van der Waals surface area contributed by atoms with E-state index >= 15 is 0 Å². The number of rotatable bonds is 6. The van der Waals surface area contributed by atoms with Crippen molar-refractivity contribution in [3.8, 4) is 0 Å². The van der Waals surface area contributed by atoms with Gasteiger partial charge in [-0.05, 0) is 37.3 Å². The molecule has 2 aliphatic rings. The second kappa shape index (κ2) is 8.52. The van der Waals surface area contributed by atoms with E-state index in [2.05, 4.69) is 24.3 Å². The minimum Gasteiger partial charge on any atom is -0.480 e. The number of nitrogens with zero attached hydrogens (tertiary/aromatic N) is 2. The molecule has 1 aromatic carbocycles. The van der Waals surface area contributed by atoms with Crippen LogP contribution < -0.4 is 10.3 Å². The summed E-state index contributed by atoms with van der Waals surface area (Å²) in [5.41, 5.74) is 0.925. The number of hydrogen-bond donors (Lipinski definition) is 2. The van der Waals surface area contributed by atoms with Crippen molar-refractivity contribution < 1.29 is 19.4 Å². The number of hydrogen-bond acceptors (Lipinski definition) is 5. The molecule has 0 aliphatic carbocycles. The van der Waals surface area contributed by atoms with Crippen molar-refractivity contribution in [2.45, 2.75) is 57.7 Å². The van der Waals surface area contributed by atoms with Gasteiger partial charge in [-0.3, -0.25) is 9.80 Å². The minimum absolute atomic E-state index is 0.0340. The summed E-state index contributed by atoms with van der Waals surface area (Å²) in [5.74, 6) is -0.734. The molecule has 3 atom stereocenters. The fraction of sp³-hybridized carbons (Fsp3) is 0.550. The molecule has 27 heavy (non-hydrogen) atoms. The molecule has 1 amide bonds. The first-order valence-corrected chi connectivity index (χ1v) is 9.51. The van der Waals surface area contributed by atoms with Gasteiger partial charge in [-0.25, -0.2) is 4.79 Å². The van der Waals surface area contributed by atoms with Crippen molar-refractivity contribution in [3.63, 3.8) is 0 Å². The number of carbonyl (C=O) groups excluding carboxylic acids is 1. The van der Waals surface area contributed by atoms with Crippen LogP contribution in [0.4, 0.5) is 5.69 Å². The maximum atomic E-state index is 12.7. The lowest BCUT2D eigenvalue weighted by Gasteiger charge is -2.31. The van der Waals surface area contributed by atoms with Crippen molar-refractivity contribution in [3.05, 3.63) is 30.3 Å². The molecule has 2 aliphatic heterocycles. The number of carboxylic acids is 1. The standard InChI is InChI=1S/C20H27N3O4/c1-13(2)10-16-11-14(8-9-27-16)21-19(24)17-12-18(20(25)26)23(22-17)15-6-4-3-5-7-15/h3-7,13-14,16,18H,8-12H2,1-2H3,(H,21,24)(H,25,26). The molecule has 1 saturated heterocycles. The molecule has 2 N–H and O–H groups in total. The molecule has 3 unspecified atom stereocenters. The van der Waals surface area contributed by atoms with Crippen LogP contribution in [-0.2, 0) is 14.3 Å². The van der Waals surface area contributed by atoms with E-state index in [1.807, 2.05) is 18.2 Å². The van der Waals surface area contributed by atoms with Gasteiger partial charge in [-0.2, -0.15) is 5.10 Å². The number of aliphatic carboxylic acids is 1. The first-order valence-electron chi connectivity index (χ1n) is 9.51. The minimum atomic E-state index is -0.992. The zero-order valence-electron chi connectivity index (χ0n) is 15.8. The normalized spacial score (nSPS) is 25.4. The van der Waals surface area contributed by atoms with Crippen LogP contribution in [0.15, 0.2) is 35.4 Å². The van der Waals surface area contributed by atoms with Crippen molar-refractivity contribution in [2.75, 3.05) is 11.6 Å². The van der Waals surface area contributed by atoms with Crippen molar-refractivity contribution in [1.82, 2.24) is 5.32 Å². The van der Waals surface area contributed by atoms with Crippen LogP contribution in [0, 0.1) is 5.92 Å². The van der Waals surface area contributed by atoms with E-state index in [0.717, 1.165) is 19.3 Å². The SMILES string of the molecule is CC(C)CC1CC(NC(=O)C2=NN(c3ccccc3)C(C(=O)O)C2)CCO1. The van der Waals surface area contributed by atoms with E-state index in [1.165, 1.54) is 5.01 Å². The summed E-state index contributed by atoms with van der Waals surface area (Å²) in [6.07, 6.45) is 2.76. The fourth-order valence-electron chi connectivity index (χ4n) is 3.63. The highest BCUT2D eigenvalue weighted by Crippen LogP contribution is 2.25. The molecule has 0 spiro atoms. The molecule has 1 fully saturated rings. The van der Waals surface area contributed by atoms with Crippen LogP contribution in [0.5, 0.6) is 0 Å². The Bertz CT molecular complexity index is 704. The van der Waals surface area contributed by atoms with Crippen LogP contribution in [0.25, 0.3) is 0 Å². The molecule has 3 rings (SSSR count). The quantitative estimate of drug-likeness (QED) is 0.799. The van der Waals surface area contributed by atoms with Crippen molar-refractivity contribution in [2.24, 2.45) is 11.0 Å². The summed E-state index contributed by atoms with van der Waals surface area (Å²) in [7, 11) is 0. The maximum Gasteiger partial charge on any atom is 0.328 e. The van der Waals surface area contributed by atoms with Crippen LogP contribution in [0.1, 0.15) is 39.5 Å². The molecule has 146 valence electrons. The maximum absolute atomic E-state index is 12.7. The Balaban J connectivity index is 1.66. The third kappa shape index (κ3) is 4.86. The van der Waals surface area contributed by atoms with Gasteiger partial charge in [0.2, 0.25) is 0 Å². The molecule has 0 radical (unpaired) electrons. The number of carbonyl (C=O) groups is 2. The molecule has 0 bridgehead atoms. The summed E-state index contributed by atoms with van der Waals surface area (Å²) in [4.78, 5) is 24.3. The smallest absolute Gasteiger partial charge is 0.328 e. The molecule has 7 nitrogen and oxygen atoms in total. The molecule has 2 heterocycles. The van der Waals surface area contributed by atoms with E-state index in [1.54, 1.807) is 12.1 Å². The Morgan fingerprint density at radius 2 is 2.07 bits per heavy atom. The van der Waals surface area contributed by atoms with Crippen molar-refractivity contribution >= 4 is 23.3 Å². The second-order valence-electron chi connectivity index (χ2n) is 7.60. The molecule has 7 heteroatoms. The lowest BCUT2D eigenvalue weighted by Crippen LogP contribution is -2.45. The number of benzene rings is 1. The summed E-state index contributed by atoms with van der Waals surface area (Å²) in [6.45, 7) is 4.94. The highest BCUT2D eigenvalue weighted by Gasteiger charge is 2.37. The zero-order valence-corrected chi connectivity index (χ0v) is 15.8. The second-order valence-corrected chi connectivity index (χ2v) is 7.60. The molecule has 1 aromatic rings. The van der Waals surface area contributed by atoms with E-state index in [-0.39, 0.29) is 30.2 Å².